The second kappa shape index (κ2) is 8.84. The van der Waals surface area contributed by atoms with E-state index in [1.807, 2.05) is 0 Å². The van der Waals surface area contributed by atoms with Gasteiger partial charge in [-0.25, -0.2) is 0 Å². The number of rotatable bonds is 1. The van der Waals surface area contributed by atoms with Gasteiger partial charge in [-0.3, -0.25) is 0 Å². The maximum Gasteiger partial charge on any atom is 0.102 e. The summed E-state index contributed by atoms with van der Waals surface area (Å²) in [5.41, 5.74) is 0. The van der Waals surface area contributed by atoms with Crippen molar-refractivity contribution in [1.82, 2.24) is 0 Å². The Labute approximate surface area is 39.0 Å². The van der Waals surface area contributed by atoms with E-state index in [4.69, 9.17) is 0 Å². The first-order chi connectivity index (χ1) is 1.91. The van der Waals surface area contributed by atoms with Crippen molar-refractivity contribution in [1.29, 1.82) is 0 Å². The topological polar surface area (TPSA) is 0 Å². The molecule has 5 heavy (non-hydrogen) atoms. The fourth-order valence-electron chi connectivity index (χ4n) is 0. The average Bonchev–Trinajstić information content (AvgIpc) is 1.37. The highest BCUT2D eigenvalue weighted by Crippen LogP contribution is 1.54. The van der Waals surface area contributed by atoms with Crippen molar-refractivity contribution in [3.8, 4) is 0 Å². The molecular weight excluding hydrogens is 80.1 g/mol. The molecule has 0 aromatic heterocycles. The van der Waals surface area contributed by atoms with Crippen molar-refractivity contribution in [3.05, 3.63) is 0 Å². The van der Waals surface area contributed by atoms with E-state index in [0.717, 1.165) is 0 Å². The molecule has 0 amide bonds. The van der Waals surface area contributed by atoms with Crippen LogP contribution in [0.3, 0.4) is 0 Å². The number of thiol groups is 1. The highest BCUT2D eigenvalue weighted by Gasteiger charge is 1.66. The molecule has 0 bridgehead atoms. The Kier molecular flexibility index (Phi) is 15.9. The van der Waals surface area contributed by atoms with E-state index in [-0.39, 0.29) is 7.43 Å². The molecule has 0 spiro atoms. The smallest absolute Gasteiger partial charge is 0.0776 e. The van der Waals surface area contributed by atoms with Gasteiger partial charge in [-0.2, -0.15) is 0 Å². The third-order valence-electron chi connectivity index (χ3n) is 0.316. The molecule has 0 aromatic rings. The van der Waals surface area contributed by atoms with Gasteiger partial charge < -0.3 is 0 Å². The summed E-state index contributed by atoms with van der Waals surface area (Å²) in [4.78, 5) is 0. The van der Waals surface area contributed by atoms with E-state index in [1.54, 1.807) is 0 Å². The SMILES string of the molecule is C.CC[SH+]C. The van der Waals surface area contributed by atoms with Gasteiger partial charge in [0.05, 0.1) is 6.26 Å². The van der Waals surface area contributed by atoms with Gasteiger partial charge in [-0.15, -0.1) is 0 Å². The minimum atomic E-state index is 0. The molecule has 0 aromatic carbocycles. The molecule has 0 atom stereocenters. The molecule has 0 aliphatic carbocycles. The van der Waals surface area contributed by atoms with E-state index in [1.165, 1.54) is 17.5 Å². The van der Waals surface area contributed by atoms with Crippen LogP contribution < -0.4 is 0 Å². The first-order valence-corrected chi connectivity index (χ1v) is 3.00. The minimum Gasteiger partial charge on any atom is -0.0776 e. The Hall–Kier alpha value is 0.350. The molecule has 1 heteroatoms. The number of hydrogen-bond acceptors (Lipinski definition) is 0. The summed E-state index contributed by atoms with van der Waals surface area (Å²) in [7, 11) is 0. The summed E-state index contributed by atoms with van der Waals surface area (Å²) in [5.74, 6) is 1.29. The molecule has 0 aliphatic rings. The van der Waals surface area contributed by atoms with Crippen LogP contribution in [0.1, 0.15) is 14.4 Å². The zero-order chi connectivity index (χ0) is 3.41. The van der Waals surface area contributed by atoms with E-state index in [9.17, 15) is 0 Å². The van der Waals surface area contributed by atoms with Gasteiger partial charge in [0.2, 0.25) is 0 Å². The molecule has 0 fully saturated rings. The van der Waals surface area contributed by atoms with Gasteiger partial charge in [0, 0.05) is 0 Å². The fraction of sp³-hybridized carbons (Fsp3) is 1.00. The van der Waals surface area contributed by atoms with Crippen LogP contribution in [0.15, 0.2) is 0 Å². The molecule has 0 aliphatic heterocycles. The largest absolute Gasteiger partial charge is 0.102 e. The molecule has 0 saturated carbocycles. The summed E-state index contributed by atoms with van der Waals surface area (Å²) in [6.45, 7) is 2.17. The maximum absolute atomic E-state index is 2.17. The van der Waals surface area contributed by atoms with Crippen LogP contribution in [0.25, 0.3) is 0 Å². The van der Waals surface area contributed by atoms with Crippen molar-refractivity contribution >= 4 is 11.8 Å². The van der Waals surface area contributed by atoms with Gasteiger partial charge in [0.15, 0.2) is 0 Å². The van der Waals surface area contributed by atoms with Crippen molar-refractivity contribution in [3.63, 3.8) is 0 Å². The standard InChI is InChI=1S/C3H8S.CH4/c1-3-4-2;/h3H2,1-2H3;1H4/p+1. The second-order valence-corrected chi connectivity index (χ2v) is 1.90. The lowest BCUT2D eigenvalue weighted by molar-refractivity contribution is 1.53. The zero-order valence-electron chi connectivity index (χ0n) is 3.15. The first-order valence-electron chi connectivity index (χ1n) is 1.47. The molecule has 0 saturated heterocycles. The third kappa shape index (κ3) is 13.2. The summed E-state index contributed by atoms with van der Waals surface area (Å²) in [5, 5.41) is 0. The quantitative estimate of drug-likeness (QED) is 0.336. The zero-order valence-corrected chi connectivity index (χ0v) is 4.05. The molecule has 0 rings (SSSR count). The van der Waals surface area contributed by atoms with Crippen molar-refractivity contribution in [2.24, 2.45) is 0 Å². The predicted octanol–water partition coefficient (Wildman–Crippen LogP) is 1.09. The third-order valence-corrected chi connectivity index (χ3v) is 0.949. The predicted molar refractivity (Wildman–Crippen MR) is 32.0 cm³/mol. The Morgan fingerprint density at radius 3 is 1.80 bits per heavy atom. The highest BCUT2D eigenvalue weighted by molar-refractivity contribution is 7.77. The molecule has 0 unspecified atom stereocenters. The van der Waals surface area contributed by atoms with Crippen LogP contribution in [0.4, 0.5) is 0 Å². The molecule has 0 N–H and O–H groups in total. The van der Waals surface area contributed by atoms with Gasteiger partial charge in [0.1, 0.15) is 5.75 Å². The van der Waals surface area contributed by atoms with E-state index < -0.39 is 0 Å². The molecule has 34 valence electrons. The first kappa shape index (κ1) is 9.02. The Morgan fingerprint density at radius 1 is 1.60 bits per heavy atom. The van der Waals surface area contributed by atoms with Crippen LogP contribution in [0.5, 0.6) is 0 Å². The van der Waals surface area contributed by atoms with Crippen molar-refractivity contribution < 1.29 is 0 Å². The average molecular weight is 93.2 g/mol. The summed E-state index contributed by atoms with van der Waals surface area (Å²) < 4.78 is 0. The van der Waals surface area contributed by atoms with Crippen molar-refractivity contribution in [2.75, 3.05) is 12.0 Å². The van der Waals surface area contributed by atoms with Gasteiger partial charge in [-0.05, 0) is 18.7 Å². The lowest BCUT2D eigenvalue weighted by Gasteiger charge is -1.58. The monoisotopic (exact) mass is 93.1 g/mol. The maximum atomic E-state index is 2.17. The summed E-state index contributed by atoms with van der Waals surface area (Å²) in [6.07, 6.45) is 2.15. The van der Waals surface area contributed by atoms with Crippen LogP contribution in [0, 0.1) is 0 Å². The van der Waals surface area contributed by atoms with E-state index in [2.05, 4.69) is 13.2 Å². The lowest BCUT2D eigenvalue weighted by Crippen LogP contribution is -1.71. The molecular formula is C4H13S+. The molecule has 0 radical (unpaired) electrons. The fourth-order valence-corrected chi connectivity index (χ4v) is 0. The van der Waals surface area contributed by atoms with E-state index >= 15 is 0 Å². The van der Waals surface area contributed by atoms with Crippen LogP contribution in [-0.4, -0.2) is 12.0 Å². The molecule has 0 nitrogen and oxygen atoms in total. The Bertz CT molecular complexity index is 5.61. The highest BCUT2D eigenvalue weighted by atomic mass is 32.2. The lowest BCUT2D eigenvalue weighted by atomic mass is 11.0. The van der Waals surface area contributed by atoms with Crippen LogP contribution >= 0.6 is 0 Å². The van der Waals surface area contributed by atoms with Crippen LogP contribution in [0.2, 0.25) is 0 Å². The summed E-state index contributed by atoms with van der Waals surface area (Å²) >= 11 is 1.50. The summed E-state index contributed by atoms with van der Waals surface area (Å²) in [6, 6.07) is 0. The van der Waals surface area contributed by atoms with Gasteiger partial charge >= 0.3 is 0 Å². The second-order valence-electron chi connectivity index (χ2n) is 0.632. The van der Waals surface area contributed by atoms with Gasteiger partial charge in [-0.1, -0.05) is 7.43 Å². The molecule has 0 heterocycles. The van der Waals surface area contributed by atoms with Crippen LogP contribution in [-0.2, 0) is 11.8 Å². The van der Waals surface area contributed by atoms with Crippen molar-refractivity contribution in [2.45, 2.75) is 14.4 Å². The van der Waals surface area contributed by atoms with E-state index in [0.29, 0.717) is 0 Å². The minimum absolute atomic E-state index is 0. The Balaban J connectivity index is 0. The van der Waals surface area contributed by atoms with Gasteiger partial charge in [0.25, 0.3) is 0 Å². The number of hydrogen-bond donors (Lipinski definition) is 0. The Morgan fingerprint density at radius 2 is 1.80 bits per heavy atom. The normalized spacial score (nSPS) is 6.00.